The maximum Gasteiger partial charge on any atom is 0.0580 e. The number of hydrogen-bond acceptors (Lipinski definition) is 0. The van der Waals surface area contributed by atoms with E-state index in [4.69, 9.17) is 11.6 Å². The van der Waals surface area contributed by atoms with Crippen LogP contribution >= 0.6 is 27.5 Å². The molecule has 0 aromatic heterocycles. The van der Waals surface area contributed by atoms with Gasteiger partial charge in [0.05, 0.1) is 5.02 Å². The fourth-order valence-corrected chi connectivity index (χ4v) is 2.43. The predicted molar refractivity (Wildman–Crippen MR) is 62.6 cm³/mol. The molecule has 0 amide bonds. The molecule has 0 aliphatic heterocycles. The molecule has 0 N–H and O–H groups in total. The van der Waals surface area contributed by atoms with Crippen LogP contribution in [0, 0.1) is 6.92 Å². The lowest BCUT2D eigenvalue weighted by molar-refractivity contribution is 0.587. The molecule has 0 atom stereocenters. The zero-order valence-corrected chi connectivity index (χ0v) is 10.8. The summed E-state index contributed by atoms with van der Waals surface area (Å²) in [4.78, 5) is 0. The Morgan fingerprint density at radius 3 is 2.23 bits per heavy atom. The van der Waals surface area contributed by atoms with Gasteiger partial charge < -0.3 is 0 Å². The standard InChI is InChI=1S/C11H14BrCl/c1-7-5-6-8(11(2,3)4)9(12)10(7)13/h5-6H,1-4H3. The van der Waals surface area contributed by atoms with E-state index in [0.717, 1.165) is 15.1 Å². The molecule has 1 aromatic carbocycles. The van der Waals surface area contributed by atoms with Gasteiger partial charge in [0.15, 0.2) is 0 Å². The van der Waals surface area contributed by atoms with Crippen LogP contribution in [0.3, 0.4) is 0 Å². The normalized spacial score (nSPS) is 11.8. The summed E-state index contributed by atoms with van der Waals surface area (Å²) in [7, 11) is 0. The minimum Gasteiger partial charge on any atom is -0.0828 e. The SMILES string of the molecule is Cc1ccc(C(C)(C)C)c(Br)c1Cl. The summed E-state index contributed by atoms with van der Waals surface area (Å²) in [6, 6.07) is 4.19. The number of aryl methyl sites for hydroxylation is 1. The third-order valence-corrected chi connectivity index (χ3v) is 3.62. The van der Waals surface area contributed by atoms with Gasteiger partial charge in [0.25, 0.3) is 0 Å². The first-order valence-corrected chi connectivity index (χ1v) is 5.46. The summed E-state index contributed by atoms with van der Waals surface area (Å²) >= 11 is 9.68. The van der Waals surface area contributed by atoms with Crippen molar-refractivity contribution in [1.82, 2.24) is 0 Å². The summed E-state index contributed by atoms with van der Waals surface area (Å²) in [6.45, 7) is 8.55. The number of halogens is 2. The fraction of sp³-hybridized carbons (Fsp3) is 0.455. The first-order valence-electron chi connectivity index (χ1n) is 4.29. The molecule has 0 bridgehead atoms. The largest absolute Gasteiger partial charge is 0.0828 e. The van der Waals surface area contributed by atoms with E-state index in [2.05, 4.69) is 48.8 Å². The van der Waals surface area contributed by atoms with Gasteiger partial charge in [-0.3, -0.25) is 0 Å². The van der Waals surface area contributed by atoms with Crippen molar-refractivity contribution in [3.05, 3.63) is 32.8 Å². The molecular formula is C11H14BrCl. The van der Waals surface area contributed by atoms with Crippen LogP contribution in [-0.2, 0) is 5.41 Å². The monoisotopic (exact) mass is 260 g/mol. The van der Waals surface area contributed by atoms with Crippen LogP contribution in [0.2, 0.25) is 5.02 Å². The first-order chi connectivity index (χ1) is 5.84. The van der Waals surface area contributed by atoms with Crippen LogP contribution in [0.15, 0.2) is 16.6 Å². The second-order valence-electron chi connectivity index (χ2n) is 4.31. The Kier molecular flexibility index (Phi) is 3.09. The van der Waals surface area contributed by atoms with Crippen LogP contribution < -0.4 is 0 Å². The molecule has 0 unspecified atom stereocenters. The molecule has 0 saturated carbocycles. The lowest BCUT2D eigenvalue weighted by Crippen LogP contribution is -2.12. The summed E-state index contributed by atoms with van der Waals surface area (Å²) in [5.41, 5.74) is 2.50. The Balaban J connectivity index is 3.35. The molecule has 72 valence electrons. The second-order valence-corrected chi connectivity index (χ2v) is 5.48. The average Bonchev–Trinajstić information content (AvgIpc) is 1.98. The van der Waals surface area contributed by atoms with Gasteiger partial charge in [0.1, 0.15) is 0 Å². The minimum atomic E-state index is 0.135. The smallest absolute Gasteiger partial charge is 0.0580 e. The van der Waals surface area contributed by atoms with E-state index < -0.39 is 0 Å². The van der Waals surface area contributed by atoms with Crippen molar-refractivity contribution >= 4 is 27.5 Å². The predicted octanol–water partition coefficient (Wildman–Crippen LogP) is 4.71. The molecule has 0 spiro atoms. The highest BCUT2D eigenvalue weighted by atomic mass is 79.9. The maximum atomic E-state index is 6.14. The Labute approximate surface area is 93.4 Å². The fourth-order valence-electron chi connectivity index (χ4n) is 1.23. The van der Waals surface area contributed by atoms with Gasteiger partial charge in [-0.15, -0.1) is 0 Å². The zero-order valence-electron chi connectivity index (χ0n) is 8.41. The van der Waals surface area contributed by atoms with Crippen LogP contribution in [0.1, 0.15) is 31.9 Å². The van der Waals surface area contributed by atoms with Gasteiger partial charge in [0, 0.05) is 4.47 Å². The highest BCUT2D eigenvalue weighted by molar-refractivity contribution is 9.10. The Bertz CT molecular complexity index is 324. The Morgan fingerprint density at radius 1 is 1.23 bits per heavy atom. The molecule has 0 heterocycles. The molecule has 2 heteroatoms. The third kappa shape index (κ3) is 2.26. The number of hydrogen-bond donors (Lipinski definition) is 0. The summed E-state index contributed by atoms with van der Waals surface area (Å²) in [5, 5.41) is 0.826. The molecular weight excluding hydrogens is 247 g/mol. The van der Waals surface area contributed by atoms with Gasteiger partial charge in [-0.2, -0.15) is 0 Å². The van der Waals surface area contributed by atoms with E-state index in [9.17, 15) is 0 Å². The van der Waals surface area contributed by atoms with Crippen molar-refractivity contribution in [3.63, 3.8) is 0 Å². The van der Waals surface area contributed by atoms with E-state index in [0.29, 0.717) is 0 Å². The van der Waals surface area contributed by atoms with Crippen LogP contribution in [0.4, 0.5) is 0 Å². The molecule has 0 radical (unpaired) electrons. The molecule has 0 nitrogen and oxygen atoms in total. The molecule has 1 rings (SSSR count). The molecule has 0 fully saturated rings. The van der Waals surface area contributed by atoms with Gasteiger partial charge in [0.2, 0.25) is 0 Å². The third-order valence-electron chi connectivity index (χ3n) is 2.08. The van der Waals surface area contributed by atoms with Gasteiger partial charge in [-0.05, 0) is 39.4 Å². The van der Waals surface area contributed by atoms with Crippen molar-refractivity contribution in [3.8, 4) is 0 Å². The maximum absolute atomic E-state index is 6.14. The molecule has 1 aromatic rings. The van der Waals surface area contributed by atoms with Crippen molar-refractivity contribution in [2.75, 3.05) is 0 Å². The highest BCUT2D eigenvalue weighted by Crippen LogP contribution is 2.36. The van der Waals surface area contributed by atoms with Crippen LogP contribution in [0.25, 0.3) is 0 Å². The quantitative estimate of drug-likeness (QED) is 0.634. The average molecular weight is 262 g/mol. The van der Waals surface area contributed by atoms with Crippen LogP contribution in [0.5, 0.6) is 0 Å². The Morgan fingerprint density at radius 2 is 1.77 bits per heavy atom. The van der Waals surface area contributed by atoms with Crippen molar-refractivity contribution < 1.29 is 0 Å². The van der Waals surface area contributed by atoms with Crippen LogP contribution in [-0.4, -0.2) is 0 Å². The van der Waals surface area contributed by atoms with Gasteiger partial charge >= 0.3 is 0 Å². The van der Waals surface area contributed by atoms with Crippen molar-refractivity contribution in [1.29, 1.82) is 0 Å². The topological polar surface area (TPSA) is 0 Å². The second kappa shape index (κ2) is 3.62. The molecule has 13 heavy (non-hydrogen) atoms. The molecule has 0 saturated heterocycles. The first kappa shape index (κ1) is 11.1. The minimum absolute atomic E-state index is 0.135. The zero-order chi connectivity index (χ0) is 10.2. The van der Waals surface area contributed by atoms with E-state index in [-0.39, 0.29) is 5.41 Å². The summed E-state index contributed by atoms with van der Waals surface area (Å²) < 4.78 is 1.03. The summed E-state index contributed by atoms with van der Waals surface area (Å²) in [6.07, 6.45) is 0. The van der Waals surface area contributed by atoms with Gasteiger partial charge in [-0.1, -0.05) is 44.5 Å². The van der Waals surface area contributed by atoms with E-state index in [1.54, 1.807) is 0 Å². The highest BCUT2D eigenvalue weighted by Gasteiger charge is 2.18. The van der Waals surface area contributed by atoms with Crippen molar-refractivity contribution in [2.24, 2.45) is 0 Å². The van der Waals surface area contributed by atoms with Gasteiger partial charge in [-0.25, -0.2) is 0 Å². The van der Waals surface area contributed by atoms with E-state index in [1.165, 1.54) is 5.56 Å². The lowest BCUT2D eigenvalue weighted by Gasteiger charge is -2.21. The van der Waals surface area contributed by atoms with E-state index in [1.807, 2.05) is 6.92 Å². The van der Waals surface area contributed by atoms with E-state index >= 15 is 0 Å². The molecule has 0 aliphatic carbocycles. The number of benzene rings is 1. The Hall–Kier alpha value is -0.0100. The lowest BCUT2D eigenvalue weighted by atomic mass is 9.87. The summed E-state index contributed by atoms with van der Waals surface area (Å²) in [5.74, 6) is 0. The number of rotatable bonds is 0. The van der Waals surface area contributed by atoms with Crippen molar-refractivity contribution in [2.45, 2.75) is 33.1 Å². The molecule has 0 aliphatic rings.